The van der Waals surface area contributed by atoms with Crippen molar-refractivity contribution in [2.24, 2.45) is 0 Å². The summed E-state index contributed by atoms with van der Waals surface area (Å²) in [5, 5.41) is 0. The smallest absolute Gasteiger partial charge is 0.0401 e. The molecule has 1 heterocycles. The molecule has 0 radical (unpaired) electrons. The Balaban J connectivity index is 1.77. The fourth-order valence-corrected chi connectivity index (χ4v) is 3.10. The SMILES string of the molecule is CC1CCc2ccccc2N1CCc1cccc(N)c1. The number of nitrogens with zero attached hydrogens (tertiary/aromatic N) is 1. The second-order valence-corrected chi connectivity index (χ2v) is 5.70. The topological polar surface area (TPSA) is 29.3 Å². The third-order valence-electron chi connectivity index (χ3n) is 4.26. The van der Waals surface area contributed by atoms with E-state index in [1.807, 2.05) is 12.1 Å². The van der Waals surface area contributed by atoms with Crippen molar-refractivity contribution in [3.05, 3.63) is 59.7 Å². The quantitative estimate of drug-likeness (QED) is 0.859. The molecule has 2 nitrogen and oxygen atoms in total. The van der Waals surface area contributed by atoms with Crippen LogP contribution in [0.15, 0.2) is 48.5 Å². The Morgan fingerprint density at radius 2 is 2.00 bits per heavy atom. The first kappa shape index (κ1) is 13.0. The first-order valence-corrected chi connectivity index (χ1v) is 7.43. The summed E-state index contributed by atoms with van der Waals surface area (Å²) in [6.07, 6.45) is 3.49. The summed E-state index contributed by atoms with van der Waals surface area (Å²) >= 11 is 0. The van der Waals surface area contributed by atoms with E-state index in [0.29, 0.717) is 6.04 Å². The van der Waals surface area contributed by atoms with E-state index in [2.05, 4.69) is 48.2 Å². The molecule has 0 aromatic heterocycles. The monoisotopic (exact) mass is 266 g/mol. The molecule has 0 bridgehead atoms. The number of hydrogen-bond acceptors (Lipinski definition) is 2. The number of nitrogen functional groups attached to an aromatic ring is 1. The van der Waals surface area contributed by atoms with Gasteiger partial charge in [0.25, 0.3) is 0 Å². The predicted octanol–water partition coefficient (Wildman–Crippen LogP) is 3.65. The fourth-order valence-electron chi connectivity index (χ4n) is 3.10. The van der Waals surface area contributed by atoms with Gasteiger partial charge in [0.2, 0.25) is 0 Å². The molecule has 2 N–H and O–H groups in total. The van der Waals surface area contributed by atoms with Gasteiger partial charge in [-0.3, -0.25) is 0 Å². The van der Waals surface area contributed by atoms with Crippen molar-refractivity contribution in [2.75, 3.05) is 17.2 Å². The molecule has 0 saturated heterocycles. The minimum Gasteiger partial charge on any atom is -0.399 e. The molecule has 0 amide bonds. The van der Waals surface area contributed by atoms with Gasteiger partial charge in [-0.25, -0.2) is 0 Å². The molecule has 3 rings (SSSR count). The van der Waals surface area contributed by atoms with E-state index in [9.17, 15) is 0 Å². The molecule has 0 spiro atoms. The van der Waals surface area contributed by atoms with Crippen molar-refractivity contribution in [3.63, 3.8) is 0 Å². The van der Waals surface area contributed by atoms with Crippen LogP contribution in [0.4, 0.5) is 11.4 Å². The summed E-state index contributed by atoms with van der Waals surface area (Å²) in [5.41, 5.74) is 10.9. The molecular weight excluding hydrogens is 244 g/mol. The Morgan fingerprint density at radius 3 is 2.85 bits per heavy atom. The lowest BCUT2D eigenvalue weighted by molar-refractivity contribution is 0.562. The van der Waals surface area contributed by atoms with Crippen molar-refractivity contribution in [1.29, 1.82) is 0 Å². The third kappa shape index (κ3) is 2.64. The normalized spacial score (nSPS) is 17.9. The standard InChI is InChI=1S/C18H22N2/c1-14-9-10-16-6-2-3-8-18(16)20(14)12-11-15-5-4-7-17(19)13-15/h2-8,13-14H,9-12,19H2,1H3. The van der Waals surface area contributed by atoms with Gasteiger partial charge in [-0.1, -0.05) is 30.3 Å². The van der Waals surface area contributed by atoms with Gasteiger partial charge in [-0.2, -0.15) is 0 Å². The van der Waals surface area contributed by atoms with Crippen molar-refractivity contribution >= 4 is 11.4 Å². The molecule has 0 aliphatic carbocycles. The molecule has 0 saturated carbocycles. The minimum atomic E-state index is 0.617. The molecule has 1 unspecified atom stereocenters. The Bertz CT molecular complexity index is 591. The lowest BCUT2D eigenvalue weighted by Crippen LogP contribution is -2.38. The van der Waals surface area contributed by atoms with E-state index in [-0.39, 0.29) is 0 Å². The largest absolute Gasteiger partial charge is 0.399 e. The first-order valence-electron chi connectivity index (χ1n) is 7.43. The Hall–Kier alpha value is -1.96. The van der Waals surface area contributed by atoms with E-state index in [1.165, 1.54) is 29.7 Å². The number of rotatable bonds is 3. The maximum Gasteiger partial charge on any atom is 0.0401 e. The lowest BCUT2D eigenvalue weighted by Gasteiger charge is -2.37. The van der Waals surface area contributed by atoms with Gasteiger partial charge in [-0.15, -0.1) is 0 Å². The maximum atomic E-state index is 5.86. The highest BCUT2D eigenvalue weighted by Gasteiger charge is 2.21. The molecular formula is C18H22N2. The zero-order valence-electron chi connectivity index (χ0n) is 12.0. The highest BCUT2D eigenvalue weighted by Crippen LogP contribution is 2.30. The predicted molar refractivity (Wildman–Crippen MR) is 86.1 cm³/mol. The van der Waals surface area contributed by atoms with Gasteiger partial charge in [0.05, 0.1) is 0 Å². The molecule has 2 aromatic carbocycles. The number of nitrogens with two attached hydrogens (primary N) is 1. The molecule has 2 aromatic rings. The molecule has 1 aliphatic heterocycles. The minimum absolute atomic E-state index is 0.617. The van der Waals surface area contributed by atoms with E-state index in [4.69, 9.17) is 5.73 Å². The van der Waals surface area contributed by atoms with Gasteiger partial charge >= 0.3 is 0 Å². The van der Waals surface area contributed by atoms with Crippen molar-refractivity contribution < 1.29 is 0 Å². The van der Waals surface area contributed by atoms with Crippen LogP contribution in [0, 0.1) is 0 Å². The van der Waals surface area contributed by atoms with Crippen molar-refractivity contribution in [1.82, 2.24) is 0 Å². The number of para-hydroxylation sites is 1. The Kier molecular flexibility index (Phi) is 3.64. The van der Waals surface area contributed by atoms with E-state index in [0.717, 1.165) is 18.7 Å². The van der Waals surface area contributed by atoms with Crippen LogP contribution in [0.5, 0.6) is 0 Å². The molecule has 104 valence electrons. The van der Waals surface area contributed by atoms with Gasteiger partial charge < -0.3 is 10.6 Å². The van der Waals surface area contributed by atoms with Crippen LogP contribution in [-0.2, 0) is 12.8 Å². The van der Waals surface area contributed by atoms with Crippen molar-refractivity contribution in [3.8, 4) is 0 Å². The van der Waals surface area contributed by atoms with Crippen LogP contribution >= 0.6 is 0 Å². The van der Waals surface area contributed by atoms with Crippen LogP contribution in [0.1, 0.15) is 24.5 Å². The van der Waals surface area contributed by atoms with Gasteiger partial charge in [0.1, 0.15) is 0 Å². The lowest BCUT2D eigenvalue weighted by atomic mass is 9.96. The van der Waals surface area contributed by atoms with Crippen LogP contribution in [-0.4, -0.2) is 12.6 Å². The summed E-state index contributed by atoms with van der Waals surface area (Å²) < 4.78 is 0. The summed E-state index contributed by atoms with van der Waals surface area (Å²) in [7, 11) is 0. The highest BCUT2D eigenvalue weighted by atomic mass is 15.2. The summed E-state index contributed by atoms with van der Waals surface area (Å²) in [4.78, 5) is 2.54. The van der Waals surface area contributed by atoms with Crippen LogP contribution < -0.4 is 10.6 Å². The number of fused-ring (bicyclic) bond motifs is 1. The molecule has 1 aliphatic rings. The molecule has 20 heavy (non-hydrogen) atoms. The maximum absolute atomic E-state index is 5.86. The first-order chi connectivity index (χ1) is 9.74. The van der Waals surface area contributed by atoms with Crippen LogP contribution in [0.2, 0.25) is 0 Å². The molecule has 2 heteroatoms. The van der Waals surface area contributed by atoms with Gasteiger partial charge in [-0.05, 0) is 55.5 Å². The second kappa shape index (κ2) is 5.58. The van der Waals surface area contributed by atoms with E-state index >= 15 is 0 Å². The van der Waals surface area contributed by atoms with Crippen molar-refractivity contribution in [2.45, 2.75) is 32.2 Å². The zero-order chi connectivity index (χ0) is 13.9. The summed E-state index contributed by atoms with van der Waals surface area (Å²) in [6.45, 7) is 3.39. The summed E-state index contributed by atoms with van der Waals surface area (Å²) in [6, 6.07) is 17.7. The summed E-state index contributed by atoms with van der Waals surface area (Å²) in [5.74, 6) is 0. The number of hydrogen-bond donors (Lipinski definition) is 1. The van der Waals surface area contributed by atoms with Gasteiger partial charge in [0.15, 0.2) is 0 Å². The molecule has 0 fully saturated rings. The average Bonchev–Trinajstić information content (AvgIpc) is 2.46. The van der Waals surface area contributed by atoms with E-state index < -0.39 is 0 Å². The Morgan fingerprint density at radius 1 is 1.15 bits per heavy atom. The number of anilines is 2. The average molecular weight is 266 g/mol. The highest BCUT2D eigenvalue weighted by molar-refractivity contribution is 5.56. The van der Waals surface area contributed by atoms with Crippen LogP contribution in [0.3, 0.4) is 0 Å². The molecule has 1 atom stereocenters. The Labute approximate surface area is 121 Å². The third-order valence-corrected chi connectivity index (χ3v) is 4.26. The van der Waals surface area contributed by atoms with E-state index in [1.54, 1.807) is 0 Å². The number of benzene rings is 2. The van der Waals surface area contributed by atoms with Gasteiger partial charge in [0, 0.05) is 24.0 Å². The fraction of sp³-hybridized carbons (Fsp3) is 0.333. The van der Waals surface area contributed by atoms with Crippen LogP contribution in [0.25, 0.3) is 0 Å². The zero-order valence-corrected chi connectivity index (χ0v) is 12.0. The number of aryl methyl sites for hydroxylation is 1. The second-order valence-electron chi connectivity index (χ2n) is 5.70.